The third-order valence-corrected chi connectivity index (χ3v) is 8.24. The van der Waals surface area contributed by atoms with Gasteiger partial charge >= 0.3 is 6.03 Å². The zero-order valence-electron chi connectivity index (χ0n) is 20.1. The number of hydrogen-bond donors (Lipinski definition) is 1. The first-order valence-corrected chi connectivity index (χ1v) is 12.6. The van der Waals surface area contributed by atoms with Crippen LogP contribution in [-0.2, 0) is 5.54 Å². The summed E-state index contributed by atoms with van der Waals surface area (Å²) < 4.78 is 1.98. The van der Waals surface area contributed by atoms with E-state index in [0.717, 1.165) is 80.7 Å². The molecule has 0 aromatic carbocycles. The lowest BCUT2D eigenvalue weighted by atomic mass is 9.70. The van der Waals surface area contributed by atoms with Crippen molar-refractivity contribution in [2.24, 2.45) is 0 Å². The van der Waals surface area contributed by atoms with Crippen LogP contribution in [-0.4, -0.2) is 90.3 Å². The van der Waals surface area contributed by atoms with E-state index in [2.05, 4.69) is 37.9 Å². The molecule has 5 heterocycles. The predicted molar refractivity (Wildman–Crippen MR) is 130 cm³/mol. The average Bonchev–Trinajstić information content (AvgIpc) is 3.61. The van der Waals surface area contributed by atoms with Crippen LogP contribution in [0.5, 0.6) is 0 Å². The number of rotatable bonds is 4. The number of hydrogen-bond acceptors (Lipinski definition) is 6. The Kier molecular flexibility index (Phi) is 5.44. The minimum Gasteiger partial charge on any atom is -0.346 e. The average molecular weight is 474 g/mol. The predicted octanol–water partition coefficient (Wildman–Crippen LogP) is 2.81. The highest BCUT2D eigenvalue weighted by molar-refractivity contribution is 5.90. The third-order valence-electron chi connectivity index (χ3n) is 8.24. The van der Waals surface area contributed by atoms with Gasteiger partial charge in [0.15, 0.2) is 0 Å². The molecular formula is C25H31N9O. The van der Waals surface area contributed by atoms with Crippen molar-refractivity contribution >= 4 is 17.1 Å². The van der Waals surface area contributed by atoms with Crippen LogP contribution in [0.3, 0.4) is 0 Å². The SMILES string of the molecule is C[C@H]1CCCN1C(=O)N1CCN(C2CC(CC#N)(n3cc(-c4ncnc5[nH]ccc45)cn3)C2)CC1. The first-order chi connectivity index (χ1) is 17.1. The first-order valence-electron chi connectivity index (χ1n) is 12.6. The monoisotopic (exact) mass is 473 g/mol. The maximum Gasteiger partial charge on any atom is 0.320 e. The number of nitrogens with one attached hydrogen (secondary N) is 1. The summed E-state index contributed by atoms with van der Waals surface area (Å²) in [4.78, 5) is 31.3. The van der Waals surface area contributed by atoms with Crippen LogP contribution in [0.2, 0.25) is 0 Å². The topological polar surface area (TPSA) is 110 Å². The van der Waals surface area contributed by atoms with Crippen molar-refractivity contribution in [2.45, 2.75) is 56.7 Å². The van der Waals surface area contributed by atoms with E-state index >= 15 is 0 Å². The maximum absolute atomic E-state index is 12.9. The number of aromatic amines is 1. The molecule has 1 atom stereocenters. The van der Waals surface area contributed by atoms with Gasteiger partial charge in [0, 0.05) is 68.2 Å². The number of urea groups is 1. The van der Waals surface area contributed by atoms with E-state index in [4.69, 9.17) is 0 Å². The molecule has 2 aliphatic heterocycles. The molecule has 2 saturated heterocycles. The van der Waals surface area contributed by atoms with Crippen LogP contribution in [0.25, 0.3) is 22.3 Å². The van der Waals surface area contributed by atoms with E-state index in [1.165, 1.54) is 0 Å². The quantitative estimate of drug-likeness (QED) is 0.624. The molecule has 1 N–H and O–H groups in total. The molecule has 3 aromatic rings. The minimum absolute atomic E-state index is 0.201. The summed E-state index contributed by atoms with van der Waals surface area (Å²) in [5.74, 6) is 0. The Balaban J connectivity index is 1.12. The second-order valence-electron chi connectivity index (χ2n) is 10.2. The largest absolute Gasteiger partial charge is 0.346 e. The highest BCUT2D eigenvalue weighted by atomic mass is 16.2. The van der Waals surface area contributed by atoms with E-state index in [1.54, 1.807) is 6.33 Å². The number of likely N-dealkylation sites (tertiary alicyclic amines) is 1. The number of nitrogens with zero attached hydrogens (tertiary/aromatic N) is 8. The Labute approximate surface area is 204 Å². The highest BCUT2D eigenvalue weighted by Gasteiger charge is 2.49. The molecule has 10 nitrogen and oxygen atoms in total. The summed E-state index contributed by atoms with van der Waals surface area (Å²) in [6, 6.07) is 5.34. The Morgan fingerprint density at radius 1 is 1.23 bits per heavy atom. The number of piperazine rings is 1. The van der Waals surface area contributed by atoms with Crippen LogP contribution >= 0.6 is 0 Å². The van der Waals surface area contributed by atoms with Crippen molar-refractivity contribution in [3.05, 3.63) is 31.0 Å². The summed E-state index contributed by atoms with van der Waals surface area (Å²) >= 11 is 0. The van der Waals surface area contributed by atoms with Gasteiger partial charge in [-0.25, -0.2) is 14.8 Å². The minimum atomic E-state index is -0.292. The van der Waals surface area contributed by atoms with Gasteiger partial charge in [-0.05, 0) is 38.7 Å². The van der Waals surface area contributed by atoms with Crippen molar-refractivity contribution in [1.82, 2.24) is 39.4 Å². The van der Waals surface area contributed by atoms with Gasteiger partial charge in [-0.2, -0.15) is 10.4 Å². The lowest BCUT2D eigenvalue weighted by molar-refractivity contribution is -0.0148. The summed E-state index contributed by atoms with van der Waals surface area (Å²) in [5, 5.41) is 15.2. The number of amides is 2. The normalized spacial score (nSPS) is 27.2. The van der Waals surface area contributed by atoms with Gasteiger partial charge in [0.1, 0.15) is 12.0 Å². The fraction of sp³-hybridized carbons (Fsp3) is 0.560. The van der Waals surface area contributed by atoms with Gasteiger partial charge in [-0.15, -0.1) is 0 Å². The standard InChI is InChI=1S/C25H31N9O/c1-18-3-2-8-33(18)24(35)32-11-9-31(10-12-32)20-13-25(14-20,5-6-26)34-16-19(15-30-34)22-21-4-7-27-23(21)29-17-28-22/h4,7,15-18,20H,2-3,5,8-14H2,1H3,(H,27,28,29)/t18-,20?,25?/m0/s1. The fourth-order valence-electron chi connectivity index (χ4n) is 6.12. The summed E-state index contributed by atoms with van der Waals surface area (Å²) in [6.07, 6.45) is 11.7. The number of aromatic nitrogens is 5. The van der Waals surface area contributed by atoms with Gasteiger partial charge in [-0.1, -0.05) is 0 Å². The number of nitriles is 1. The molecule has 1 aliphatic carbocycles. The number of carbonyl (C=O) groups is 1. The molecule has 182 valence electrons. The molecule has 1 saturated carbocycles. The van der Waals surface area contributed by atoms with E-state index in [9.17, 15) is 10.1 Å². The zero-order chi connectivity index (χ0) is 24.0. The number of carbonyl (C=O) groups excluding carboxylic acids is 1. The van der Waals surface area contributed by atoms with Crippen molar-refractivity contribution in [2.75, 3.05) is 32.7 Å². The third kappa shape index (κ3) is 3.74. The first kappa shape index (κ1) is 22.0. The molecule has 35 heavy (non-hydrogen) atoms. The van der Waals surface area contributed by atoms with E-state index in [1.807, 2.05) is 39.1 Å². The zero-order valence-corrected chi connectivity index (χ0v) is 20.1. The van der Waals surface area contributed by atoms with Crippen LogP contribution in [0.1, 0.15) is 39.0 Å². The lowest BCUT2D eigenvalue weighted by Crippen LogP contribution is -2.61. The second-order valence-corrected chi connectivity index (χ2v) is 10.2. The molecule has 3 aromatic heterocycles. The maximum atomic E-state index is 12.9. The molecule has 6 rings (SSSR count). The van der Waals surface area contributed by atoms with Crippen molar-refractivity contribution < 1.29 is 4.79 Å². The molecule has 3 fully saturated rings. The van der Waals surface area contributed by atoms with Crippen LogP contribution in [0, 0.1) is 11.3 Å². The molecule has 3 aliphatic rings. The van der Waals surface area contributed by atoms with Crippen LogP contribution in [0.4, 0.5) is 4.79 Å². The summed E-state index contributed by atoms with van der Waals surface area (Å²) in [6.45, 7) is 6.36. The van der Waals surface area contributed by atoms with Gasteiger partial charge in [0.25, 0.3) is 0 Å². The summed E-state index contributed by atoms with van der Waals surface area (Å²) in [5.41, 5.74) is 2.29. The Bertz CT molecular complexity index is 1260. The van der Waals surface area contributed by atoms with Crippen molar-refractivity contribution in [3.63, 3.8) is 0 Å². The Hall–Kier alpha value is -3.45. The highest BCUT2D eigenvalue weighted by Crippen LogP contribution is 2.45. The Morgan fingerprint density at radius 3 is 2.80 bits per heavy atom. The Morgan fingerprint density at radius 2 is 2.06 bits per heavy atom. The number of fused-ring (bicyclic) bond motifs is 1. The smallest absolute Gasteiger partial charge is 0.320 e. The van der Waals surface area contributed by atoms with Gasteiger partial charge < -0.3 is 14.8 Å². The van der Waals surface area contributed by atoms with Crippen LogP contribution < -0.4 is 0 Å². The summed E-state index contributed by atoms with van der Waals surface area (Å²) in [7, 11) is 0. The van der Waals surface area contributed by atoms with Crippen molar-refractivity contribution in [1.29, 1.82) is 5.26 Å². The van der Waals surface area contributed by atoms with E-state index < -0.39 is 0 Å². The van der Waals surface area contributed by atoms with Gasteiger partial charge in [0.05, 0.1) is 29.9 Å². The molecule has 0 bridgehead atoms. The van der Waals surface area contributed by atoms with E-state index in [0.29, 0.717) is 18.5 Å². The lowest BCUT2D eigenvalue weighted by Gasteiger charge is -2.52. The van der Waals surface area contributed by atoms with Gasteiger partial charge in [-0.3, -0.25) is 9.58 Å². The van der Waals surface area contributed by atoms with Gasteiger partial charge in [0.2, 0.25) is 0 Å². The molecule has 0 unspecified atom stereocenters. The fourth-order valence-corrected chi connectivity index (χ4v) is 6.12. The molecule has 0 spiro atoms. The number of H-pyrrole nitrogens is 1. The second kappa shape index (κ2) is 8.64. The molecular weight excluding hydrogens is 442 g/mol. The van der Waals surface area contributed by atoms with Crippen LogP contribution in [0.15, 0.2) is 31.0 Å². The van der Waals surface area contributed by atoms with E-state index in [-0.39, 0.29) is 11.6 Å². The molecule has 10 heteroatoms. The molecule has 0 radical (unpaired) electrons. The molecule has 2 amide bonds. The van der Waals surface area contributed by atoms with Crippen molar-refractivity contribution in [3.8, 4) is 17.3 Å².